The molecule has 0 N–H and O–H groups in total. The zero-order valence-corrected chi connectivity index (χ0v) is 13.7. The van der Waals surface area contributed by atoms with E-state index < -0.39 is 0 Å². The lowest BCUT2D eigenvalue weighted by molar-refractivity contribution is 0.414. The molecule has 0 atom stereocenters. The Hall–Kier alpha value is -2.29. The van der Waals surface area contributed by atoms with Crippen LogP contribution in [0.25, 0.3) is 0 Å². The van der Waals surface area contributed by atoms with Gasteiger partial charge in [0.1, 0.15) is 5.75 Å². The number of hydrogen-bond acceptors (Lipinski definition) is 3. The normalized spacial score (nSPS) is 15.1. The summed E-state index contributed by atoms with van der Waals surface area (Å²) in [6.45, 7) is 3.06. The molecular formula is C20H24N2O. The van der Waals surface area contributed by atoms with Gasteiger partial charge in [0.2, 0.25) is 0 Å². The molecule has 0 radical (unpaired) electrons. The molecule has 3 nitrogen and oxygen atoms in total. The van der Waals surface area contributed by atoms with E-state index in [1.807, 2.05) is 18.3 Å². The highest BCUT2D eigenvalue weighted by molar-refractivity contribution is 5.80. The van der Waals surface area contributed by atoms with Crippen molar-refractivity contribution in [3.8, 4) is 5.75 Å². The summed E-state index contributed by atoms with van der Waals surface area (Å²) in [6.07, 6.45) is 5.94. The molecule has 1 aliphatic heterocycles. The van der Waals surface area contributed by atoms with Gasteiger partial charge in [0.05, 0.1) is 13.7 Å². The Balaban J connectivity index is 1.56. The zero-order chi connectivity index (χ0) is 15.9. The van der Waals surface area contributed by atoms with Crippen molar-refractivity contribution in [3.63, 3.8) is 0 Å². The van der Waals surface area contributed by atoms with E-state index >= 15 is 0 Å². The fourth-order valence-electron chi connectivity index (χ4n) is 2.91. The third-order valence-electron chi connectivity index (χ3n) is 4.29. The molecule has 120 valence electrons. The predicted molar refractivity (Wildman–Crippen MR) is 96.8 cm³/mol. The molecule has 0 aliphatic carbocycles. The maximum atomic E-state index is 5.16. The van der Waals surface area contributed by atoms with E-state index in [1.54, 1.807) is 7.11 Å². The van der Waals surface area contributed by atoms with Crippen LogP contribution < -0.4 is 9.64 Å². The second-order valence-electron chi connectivity index (χ2n) is 5.96. The molecule has 23 heavy (non-hydrogen) atoms. The topological polar surface area (TPSA) is 24.8 Å². The number of aliphatic imine (C=N–C) groups is 1. The third kappa shape index (κ3) is 4.35. The number of rotatable bonds is 5. The van der Waals surface area contributed by atoms with Gasteiger partial charge in [-0.1, -0.05) is 24.3 Å². The second kappa shape index (κ2) is 7.82. The lowest BCUT2D eigenvalue weighted by Crippen LogP contribution is -2.29. The van der Waals surface area contributed by atoms with Gasteiger partial charge in [-0.05, 0) is 54.7 Å². The summed E-state index contributed by atoms with van der Waals surface area (Å²) >= 11 is 0. The van der Waals surface area contributed by atoms with Gasteiger partial charge in [-0.2, -0.15) is 0 Å². The number of nitrogens with zero attached hydrogens (tertiary/aromatic N) is 2. The summed E-state index contributed by atoms with van der Waals surface area (Å²) in [7, 11) is 1.68. The molecular weight excluding hydrogens is 284 g/mol. The van der Waals surface area contributed by atoms with Crippen molar-refractivity contribution in [2.24, 2.45) is 4.99 Å². The Kier molecular flexibility index (Phi) is 5.30. The summed E-state index contributed by atoms with van der Waals surface area (Å²) in [5.41, 5.74) is 3.67. The molecule has 0 aromatic heterocycles. The van der Waals surface area contributed by atoms with Gasteiger partial charge in [-0.15, -0.1) is 0 Å². The lowest BCUT2D eigenvalue weighted by Gasteiger charge is -2.28. The average molecular weight is 308 g/mol. The summed E-state index contributed by atoms with van der Waals surface area (Å²) < 4.78 is 5.16. The smallest absolute Gasteiger partial charge is 0.118 e. The van der Waals surface area contributed by atoms with Crippen molar-refractivity contribution in [2.45, 2.75) is 25.8 Å². The number of benzene rings is 2. The molecule has 0 saturated carbocycles. The van der Waals surface area contributed by atoms with E-state index in [0.29, 0.717) is 6.54 Å². The molecule has 0 bridgehead atoms. The molecule has 1 fully saturated rings. The van der Waals surface area contributed by atoms with E-state index in [9.17, 15) is 0 Å². The minimum Gasteiger partial charge on any atom is -0.497 e. The van der Waals surface area contributed by atoms with Crippen molar-refractivity contribution in [1.82, 2.24) is 0 Å². The van der Waals surface area contributed by atoms with Gasteiger partial charge >= 0.3 is 0 Å². The van der Waals surface area contributed by atoms with Gasteiger partial charge in [0.15, 0.2) is 0 Å². The molecule has 0 spiro atoms. The van der Waals surface area contributed by atoms with E-state index in [-0.39, 0.29) is 0 Å². The summed E-state index contributed by atoms with van der Waals surface area (Å²) in [5, 5.41) is 0. The van der Waals surface area contributed by atoms with Crippen molar-refractivity contribution in [3.05, 3.63) is 59.7 Å². The van der Waals surface area contributed by atoms with Gasteiger partial charge in [-0.3, -0.25) is 4.99 Å². The molecule has 3 heteroatoms. The van der Waals surface area contributed by atoms with Crippen LogP contribution in [0.3, 0.4) is 0 Å². The van der Waals surface area contributed by atoms with Gasteiger partial charge < -0.3 is 9.64 Å². The minimum atomic E-state index is 0.692. The van der Waals surface area contributed by atoms with Crippen LogP contribution in [-0.2, 0) is 6.54 Å². The van der Waals surface area contributed by atoms with E-state index in [2.05, 4.69) is 46.3 Å². The first-order valence-electron chi connectivity index (χ1n) is 8.33. The molecule has 1 heterocycles. The Bertz CT molecular complexity index is 626. The summed E-state index contributed by atoms with van der Waals surface area (Å²) in [5.74, 6) is 0.881. The van der Waals surface area contributed by atoms with Crippen molar-refractivity contribution in [1.29, 1.82) is 0 Å². The summed E-state index contributed by atoms with van der Waals surface area (Å²) in [4.78, 5) is 7.00. The highest BCUT2D eigenvalue weighted by Gasteiger charge is 2.10. The first kappa shape index (κ1) is 15.6. The molecule has 2 aromatic carbocycles. The maximum Gasteiger partial charge on any atom is 0.118 e. The predicted octanol–water partition coefficient (Wildman–Crippen LogP) is 4.30. The molecule has 1 aliphatic rings. The van der Waals surface area contributed by atoms with E-state index in [1.165, 1.54) is 43.6 Å². The quantitative estimate of drug-likeness (QED) is 0.769. The van der Waals surface area contributed by atoms with Crippen LogP contribution in [0.15, 0.2) is 53.5 Å². The van der Waals surface area contributed by atoms with Crippen LogP contribution in [0.2, 0.25) is 0 Å². The SMILES string of the molecule is COc1ccc(CN=Cc2ccc(N3CCCCC3)cc2)cc1. The fourth-order valence-corrected chi connectivity index (χ4v) is 2.91. The lowest BCUT2D eigenvalue weighted by atomic mass is 10.1. The monoisotopic (exact) mass is 308 g/mol. The van der Waals surface area contributed by atoms with Crippen LogP contribution in [-0.4, -0.2) is 26.4 Å². The third-order valence-corrected chi connectivity index (χ3v) is 4.29. The first-order chi connectivity index (χ1) is 11.3. The highest BCUT2D eigenvalue weighted by Crippen LogP contribution is 2.19. The van der Waals surface area contributed by atoms with Crippen molar-refractivity contribution >= 4 is 11.9 Å². The molecule has 3 rings (SSSR count). The standard InChI is InChI=1S/C20H24N2O/c1-23-20-11-7-18(8-12-20)16-21-15-17-5-9-19(10-6-17)22-13-3-2-4-14-22/h5-12,15H,2-4,13-14,16H2,1H3. The Labute approximate surface area is 138 Å². The van der Waals surface area contributed by atoms with Crippen LogP contribution in [0.5, 0.6) is 5.75 Å². The molecule has 0 amide bonds. The van der Waals surface area contributed by atoms with Gasteiger partial charge in [-0.25, -0.2) is 0 Å². The van der Waals surface area contributed by atoms with E-state index in [0.717, 1.165) is 11.3 Å². The second-order valence-corrected chi connectivity index (χ2v) is 5.96. The average Bonchev–Trinajstić information content (AvgIpc) is 2.64. The van der Waals surface area contributed by atoms with Crippen molar-refractivity contribution < 1.29 is 4.74 Å². The Morgan fingerprint density at radius 1 is 0.957 bits per heavy atom. The largest absolute Gasteiger partial charge is 0.497 e. The molecule has 0 unspecified atom stereocenters. The number of hydrogen-bond donors (Lipinski definition) is 0. The first-order valence-corrected chi connectivity index (χ1v) is 8.33. The van der Waals surface area contributed by atoms with Crippen LogP contribution in [0.1, 0.15) is 30.4 Å². The molecule has 1 saturated heterocycles. The highest BCUT2D eigenvalue weighted by atomic mass is 16.5. The fraction of sp³-hybridized carbons (Fsp3) is 0.350. The number of methoxy groups -OCH3 is 1. The van der Waals surface area contributed by atoms with Crippen molar-refractivity contribution in [2.75, 3.05) is 25.1 Å². The van der Waals surface area contributed by atoms with Crippen LogP contribution in [0.4, 0.5) is 5.69 Å². The van der Waals surface area contributed by atoms with Crippen LogP contribution in [0, 0.1) is 0 Å². The zero-order valence-electron chi connectivity index (χ0n) is 13.7. The Morgan fingerprint density at radius 2 is 1.65 bits per heavy atom. The van der Waals surface area contributed by atoms with Gasteiger partial charge in [0, 0.05) is 25.0 Å². The van der Waals surface area contributed by atoms with E-state index in [4.69, 9.17) is 4.74 Å². The van der Waals surface area contributed by atoms with Crippen LogP contribution >= 0.6 is 0 Å². The number of piperidine rings is 1. The maximum absolute atomic E-state index is 5.16. The minimum absolute atomic E-state index is 0.692. The van der Waals surface area contributed by atoms with Gasteiger partial charge in [0.25, 0.3) is 0 Å². The number of ether oxygens (including phenoxy) is 1. The molecule has 2 aromatic rings. The number of anilines is 1. The Morgan fingerprint density at radius 3 is 2.30 bits per heavy atom. The summed E-state index contributed by atoms with van der Waals surface area (Å²) in [6, 6.07) is 16.8.